The Morgan fingerprint density at radius 1 is 1.23 bits per heavy atom. The maximum atomic E-state index is 10.7. The Balaban J connectivity index is 0.000000456. The minimum absolute atomic E-state index is 0.249. The summed E-state index contributed by atoms with van der Waals surface area (Å²) in [5.74, 6) is 1.99. The number of allylic oxidation sites excluding steroid dienone is 2. The highest BCUT2D eigenvalue weighted by Gasteiger charge is 2.31. The molecule has 1 atom stereocenters. The van der Waals surface area contributed by atoms with E-state index in [2.05, 4.69) is 42.1 Å². The fourth-order valence-corrected chi connectivity index (χ4v) is 3.63. The molecule has 0 aliphatic heterocycles. The smallest absolute Gasteiger partial charge is 0.230 e. The highest BCUT2D eigenvalue weighted by Crippen LogP contribution is 2.29. The summed E-state index contributed by atoms with van der Waals surface area (Å²) in [6.45, 7) is 12.8. The fraction of sp³-hybridized carbons (Fsp3) is 0.423. The van der Waals surface area contributed by atoms with Gasteiger partial charge in [0.2, 0.25) is 5.89 Å². The second-order valence-corrected chi connectivity index (χ2v) is 8.31. The van der Waals surface area contributed by atoms with Crippen LogP contribution in [-0.4, -0.2) is 22.0 Å². The highest BCUT2D eigenvalue weighted by molar-refractivity contribution is 5.32. The van der Waals surface area contributed by atoms with Crippen LogP contribution < -0.4 is 0 Å². The molecule has 3 rings (SSSR count). The van der Waals surface area contributed by atoms with Gasteiger partial charge in [-0.2, -0.15) is 0 Å². The Hall–Kier alpha value is -2.43. The van der Waals surface area contributed by atoms with Crippen LogP contribution >= 0.6 is 0 Å². The first-order chi connectivity index (χ1) is 14.4. The van der Waals surface area contributed by atoms with Crippen LogP contribution in [0, 0.1) is 5.92 Å². The van der Waals surface area contributed by atoms with Gasteiger partial charge in [0, 0.05) is 6.54 Å². The summed E-state index contributed by atoms with van der Waals surface area (Å²) in [5, 5.41) is 10.7. The molecule has 0 bridgehead atoms. The minimum Gasteiger partial charge on any atom is -0.441 e. The van der Waals surface area contributed by atoms with Crippen molar-refractivity contribution < 1.29 is 9.52 Å². The van der Waals surface area contributed by atoms with Gasteiger partial charge in [0.05, 0.1) is 12.7 Å². The van der Waals surface area contributed by atoms with Gasteiger partial charge in [0.25, 0.3) is 0 Å². The second-order valence-electron chi connectivity index (χ2n) is 8.31. The van der Waals surface area contributed by atoms with E-state index in [0.29, 0.717) is 17.9 Å². The molecule has 1 saturated carbocycles. The molecule has 4 nitrogen and oxygen atoms in total. The first-order valence-corrected chi connectivity index (χ1v) is 10.7. The van der Waals surface area contributed by atoms with Crippen molar-refractivity contribution in [3.63, 3.8) is 0 Å². The number of benzene rings is 1. The number of hydrogen-bond acceptors (Lipinski definition) is 4. The van der Waals surface area contributed by atoms with Gasteiger partial charge in [0.1, 0.15) is 5.76 Å². The Morgan fingerprint density at radius 2 is 1.90 bits per heavy atom. The van der Waals surface area contributed by atoms with E-state index in [1.807, 2.05) is 25.2 Å². The Kier molecular flexibility index (Phi) is 9.28. The minimum atomic E-state index is -1.34. The standard InChI is InChI=1S/C20H24N2O2.C6H12/c1-5-10-17(6-2)20(3,23)19-21-13-18(24-19)15-22(4)14-16-11-8-7-9-12-16;1-6-4-2-3-5-6/h5-13,23H,1-2,14-15H2,3-4H3;6H,2-5H2,1H3/b17-10+;. The molecule has 0 radical (unpaired) electrons. The van der Waals surface area contributed by atoms with Crippen LogP contribution in [-0.2, 0) is 18.7 Å². The lowest BCUT2D eigenvalue weighted by molar-refractivity contribution is 0.0676. The highest BCUT2D eigenvalue weighted by atomic mass is 16.4. The average Bonchev–Trinajstić information content (AvgIpc) is 3.39. The van der Waals surface area contributed by atoms with Gasteiger partial charge >= 0.3 is 0 Å². The second kappa shape index (κ2) is 11.7. The predicted molar refractivity (Wildman–Crippen MR) is 124 cm³/mol. The molecule has 0 saturated heterocycles. The summed E-state index contributed by atoms with van der Waals surface area (Å²) < 4.78 is 5.76. The molecule has 162 valence electrons. The molecule has 1 fully saturated rings. The Labute approximate surface area is 181 Å². The molecular formula is C26H36N2O2. The van der Waals surface area contributed by atoms with Gasteiger partial charge in [0.15, 0.2) is 5.60 Å². The molecule has 2 aromatic rings. The third-order valence-electron chi connectivity index (χ3n) is 5.41. The first kappa shape index (κ1) is 23.8. The summed E-state index contributed by atoms with van der Waals surface area (Å²) in [6, 6.07) is 10.2. The maximum absolute atomic E-state index is 10.7. The summed E-state index contributed by atoms with van der Waals surface area (Å²) in [4.78, 5) is 6.36. The molecule has 1 heterocycles. The van der Waals surface area contributed by atoms with Crippen LogP contribution in [0.2, 0.25) is 0 Å². The van der Waals surface area contributed by atoms with E-state index in [0.717, 1.165) is 12.5 Å². The van der Waals surface area contributed by atoms with Gasteiger partial charge < -0.3 is 9.52 Å². The zero-order valence-corrected chi connectivity index (χ0v) is 18.7. The van der Waals surface area contributed by atoms with Gasteiger partial charge in [-0.15, -0.1) is 0 Å². The lowest BCUT2D eigenvalue weighted by Crippen LogP contribution is -2.23. The lowest BCUT2D eigenvalue weighted by Gasteiger charge is -2.21. The number of nitrogens with zero attached hydrogens (tertiary/aromatic N) is 2. The van der Waals surface area contributed by atoms with E-state index < -0.39 is 5.60 Å². The Morgan fingerprint density at radius 3 is 2.43 bits per heavy atom. The number of oxazole rings is 1. The van der Waals surface area contributed by atoms with Gasteiger partial charge in [-0.3, -0.25) is 4.90 Å². The third kappa shape index (κ3) is 7.12. The van der Waals surface area contributed by atoms with E-state index in [1.165, 1.54) is 31.2 Å². The summed E-state index contributed by atoms with van der Waals surface area (Å²) in [7, 11) is 2.01. The van der Waals surface area contributed by atoms with E-state index in [-0.39, 0.29) is 5.89 Å². The molecule has 4 heteroatoms. The monoisotopic (exact) mass is 408 g/mol. The van der Waals surface area contributed by atoms with Gasteiger partial charge in [-0.1, -0.05) is 94.3 Å². The van der Waals surface area contributed by atoms with Crippen LogP contribution in [0.25, 0.3) is 0 Å². The van der Waals surface area contributed by atoms with Crippen molar-refractivity contribution in [1.29, 1.82) is 0 Å². The third-order valence-corrected chi connectivity index (χ3v) is 5.41. The number of aliphatic hydroxyl groups is 1. The van der Waals surface area contributed by atoms with Crippen molar-refractivity contribution in [3.05, 3.63) is 90.7 Å². The molecule has 0 spiro atoms. The van der Waals surface area contributed by atoms with E-state index in [4.69, 9.17) is 4.42 Å². The fourth-order valence-electron chi connectivity index (χ4n) is 3.63. The summed E-state index contributed by atoms with van der Waals surface area (Å²) >= 11 is 0. The van der Waals surface area contributed by atoms with E-state index in [1.54, 1.807) is 31.3 Å². The normalized spacial score (nSPS) is 16.6. The SMILES string of the molecule is C=C/C=C(\C=C)C(C)(O)c1ncc(CN(C)Cc2ccccc2)o1.CC1CCCC1. The maximum Gasteiger partial charge on any atom is 0.230 e. The van der Waals surface area contributed by atoms with Crippen LogP contribution in [0.4, 0.5) is 0 Å². The molecule has 1 aliphatic carbocycles. The van der Waals surface area contributed by atoms with Crippen LogP contribution in [0.3, 0.4) is 0 Å². The van der Waals surface area contributed by atoms with Crippen molar-refractivity contribution in [1.82, 2.24) is 9.88 Å². The van der Waals surface area contributed by atoms with Crippen molar-refractivity contribution in [2.75, 3.05) is 7.05 Å². The van der Waals surface area contributed by atoms with Crippen molar-refractivity contribution in [2.45, 2.75) is 58.2 Å². The predicted octanol–water partition coefficient (Wildman–Crippen LogP) is 6.01. The molecule has 1 aromatic heterocycles. The summed E-state index contributed by atoms with van der Waals surface area (Å²) in [6.07, 6.45) is 12.5. The Bertz CT molecular complexity index is 815. The van der Waals surface area contributed by atoms with Gasteiger partial charge in [-0.25, -0.2) is 4.98 Å². The quantitative estimate of drug-likeness (QED) is 0.544. The molecule has 30 heavy (non-hydrogen) atoms. The number of hydrogen-bond donors (Lipinski definition) is 1. The van der Waals surface area contributed by atoms with E-state index >= 15 is 0 Å². The lowest BCUT2D eigenvalue weighted by atomic mass is 9.95. The molecule has 1 N–H and O–H groups in total. The van der Waals surface area contributed by atoms with E-state index in [9.17, 15) is 5.11 Å². The average molecular weight is 409 g/mol. The van der Waals surface area contributed by atoms with Crippen LogP contribution in [0.5, 0.6) is 0 Å². The van der Waals surface area contributed by atoms with Crippen LogP contribution in [0.15, 0.2) is 77.9 Å². The molecule has 1 unspecified atom stereocenters. The summed E-state index contributed by atoms with van der Waals surface area (Å²) in [5.41, 5.74) is 0.477. The largest absolute Gasteiger partial charge is 0.441 e. The zero-order valence-electron chi connectivity index (χ0n) is 18.7. The molecule has 0 amide bonds. The topological polar surface area (TPSA) is 49.5 Å². The molecular weight excluding hydrogens is 372 g/mol. The van der Waals surface area contributed by atoms with Crippen molar-refractivity contribution >= 4 is 0 Å². The molecule has 1 aliphatic rings. The first-order valence-electron chi connectivity index (χ1n) is 10.7. The van der Waals surface area contributed by atoms with Crippen molar-refractivity contribution in [2.24, 2.45) is 5.92 Å². The zero-order chi connectivity index (χ0) is 22.0. The van der Waals surface area contributed by atoms with Crippen molar-refractivity contribution in [3.8, 4) is 0 Å². The van der Waals surface area contributed by atoms with Crippen LogP contribution in [0.1, 0.15) is 56.7 Å². The van der Waals surface area contributed by atoms with Gasteiger partial charge in [-0.05, 0) is 31.0 Å². The number of rotatable bonds is 8. The number of aromatic nitrogens is 1. The molecule has 1 aromatic carbocycles.